The Hall–Kier alpha value is -2.66. The number of aromatic amines is 1. The molecule has 0 saturated heterocycles. The second-order valence-corrected chi connectivity index (χ2v) is 7.35. The molecule has 0 bridgehead atoms. The predicted molar refractivity (Wildman–Crippen MR) is 103 cm³/mol. The van der Waals surface area contributed by atoms with Crippen LogP contribution in [0.25, 0.3) is 11.0 Å². The van der Waals surface area contributed by atoms with Gasteiger partial charge >= 0.3 is 0 Å². The minimum Gasteiger partial charge on any atom is -0.390 e. The molecule has 3 N–H and O–H groups in total. The molecular weight excluding hydrogens is 326 g/mol. The Kier molecular flexibility index (Phi) is 5.09. The quantitative estimate of drug-likeness (QED) is 0.633. The lowest BCUT2D eigenvalue weighted by atomic mass is 9.98. The summed E-state index contributed by atoms with van der Waals surface area (Å²) < 4.78 is 0. The van der Waals surface area contributed by atoms with Crippen LogP contribution in [-0.2, 0) is 6.42 Å². The highest BCUT2D eigenvalue weighted by Gasteiger charge is 2.16. The third-order valence-electron chi connectivity index (χ3n) is 4.38. The second kappa shape index (κ2) is 7.30. The van der Waals surface area contributed by atoms with E-state index in [1.165, 1.54) is 0 Å². The number of carbonyl (C=O) groups excluding carboxylic acids is 1. The molecule has 1 atom stereocenters. The number of hydrogen-bond donors (Lipinski definition) is 3. The second-order valence-electron chi connectivity index (χ2n) is 7.35. The van der Waals surface area contributed by atoms with Gasteiger partial charge < -0.3 is 15.4 Å². The molecular formula is C21H25N3O2. The number of nitrogens with zero attached hydrogens (tertiary/aromatic N) is 1. The van der Waals surface area contributed by atoms with Gasteiger partial charge in [-0.2, -0.15) is 0 Å². The lowest BCUT2D eigenvalue weighted by Gasteiger charge is -2.17. The largest absolute Gasteiger partial charge is 0.390 e. The number of aryl methyl sites for hydroxylation is 1. The van der Waals surface area contributed by atoms with Crippen molar-refractivity contribution in [2.24, 2.45) is 0 Å². The highest BCUT2D eigenvalue weighted by molar-refractivity contribution is 5.94. The lowest BCUT2D eigenvalue weighted by Crippen LogP contribution is -2.27. The van der Waals surface area contributed by atoms with Gasteiger partial charge in [0, 0.05) is 5.56 Å². The van der Waals surface area contributed by atoms with E-state index in [0.29, 0.717) is 12.0 Å². The smallest absolute Gasteiger partial charge is 0.251 e. The number of H-pyrrole nitrogens is 1. The minimum absolute atomic E-state index is 0.136. The van der Waals surface area contributed by atoms with E-state index in [4.69, 9.17) is 0 Å². The summed E-state index contributed by atoms with van der Waals surface area (Å²) in [7, 11) is 0. The molecule has 0 saturated carbocycles. The summed E-state index contributed by atoms with van der Waals surface area (Å²) in [6.07, 6.45) is 1.37. The van der Waals surface area contributed by atoms with E-state index < -0.39 is 5.60 Å². The predicted octanol–water partition coefficient (Wildman–Crippen LogP) is 3.76. The van der Waals surface area contributed by atoms with E-state index in [1.54, 1.807) is 19.9 Å². The van der Waals surface area contributed by atoms with Crippen LogP contribution in [0.1, 0.15) is 55.0 Å². The van der Waals surface area contributed by atoms with Gasteiger partial charge in [0.05, 0.1) is 22.7 Å². The Morgan fingerprint density at radius 3 is 2.73 bits per heavy atom. The molecule has 136 valence electrons. The molecule has 26 heavy (non-hydrogen) atoms. The van der Waals surface area contributed by atoms with Crippen LogP contribution < -0.4 is 5.32 Å². The van der Waals surface area contributed by atoms with Crippen molar-refractivity contribution in [1.82, 2.24) is 15.3 Å². The number of imidazole rings is 1. The number of fused-ring (bicyclic) bond motifs is 1. The summed E-state index contributed by atoms with van der Waals surface area (Å²) in [6.45, 7) is 5.49. The minimum atomic E-state index is -0.714. The zero-order valence-corrected chi connectivity index (χ0v) is 15.4. The molecule has 0 aliphatic carbocycles. The van der Waals surface area contributed by atoms with Crippen molar-refractivity contribution < 1.29 is 9.90 Å². The first-order valence-corrected chi connectivity index (χ1v) is 8.89. The van der Waals surface area contributed by atoms with Crippen molar-refractivity contribution in [1.29, 1.82) is 0 Å². The summed E-state index contributed by atoms with van der Waals surface area (Å²) in [6, 6.07) is 15.1. The molecule has 3 rings (SSSR count). The third kappa shape index (κ3) is 4.49. The zero-order chi connectivity index (χ0) is 18.7. The monoisotopic (exact) mass is 351 g/mol. The van der Waals surface area contributed by atoms with Gasteiger partial charge in [0.2, 0.25) is 0 Å². The van der Waals surface area contributed by atoms with Gasteiger partial charge in [0.1, 0.15) is 5.82 Å². The summed E-state index contributed by atoms with van der Waals surface area (Å²) in [4.78, 5) is 20.4. The van der Waals surface area contributed by atoms with Crippen LogP contribution in [0.4, 0.5) is 0 Å². The van der Waals surface area contributed by atoms with E-state index >= 15 is 0 Å². The van der Waals surface area contributed by atoms with E-state index in [0.717, 1.165) is 28.8 Å². The Bertz CT molecular complexity index is 876. The highest BCUT2D eigenvalue weighted by atomic mass is 16.3. The van der Waals surface area contributed by atoms with Crippen molar-refractivity contribution in [3.8, 4) is 0 Å². The zero-order valence-electron chi connectivity index (χ0n) is 15.4. The Morgan fingerprint density at radius 2 is 2.00 bits per heavy atom. The first-order valence-electron chi connectivity index (χ1n) is 8.89. The highest BCUT2D eigenvalue weighted by Crippen LogP contribution is 2.17. The lowest BCUT2D eigenvalue weighted by molar-refractivity contribution is 0.0714. The Morgan fingerprint density at radius 1 is 1.23 bits per heavy atom. The average molecular weight is 351 g/mol. The summed E-state index contributed by atoms with van der Waals surface area (Å²) >= 11 is 0. The molecule has 1 heterocycles. The molecule has 3 aromatic rings. The van der Waals surface area contributed by atoms with Crippen molar-refractivity contribution in [2.45, 2.75) is 45.3 Å². The molecule has 5 heteroatoms. The average Bonchev–Trinajstić information content (AvgIpc) is 3.04. The number of aromatic nitrogens is 2. The summed E-state index contributed by atoms with van der Waals surface area (Å²) in [5.74, 6) is 0.598. The molecule has 5 nitrogen and oxygen atoms in total. The summed E-state index contributed by atoms with van der Waals surface area (Å²) in [5.41, 5.74) is 2.78. The fourth-order valence-corrected chi connectivity index (χ4v) is 2.84. The van der Waals surface area contributed by atoms with Gasteiger partial charge in [-0.15, -0.1) is 0 Å². The van der Waals surface area contributed by atoms with Crippen molar-refractivity contribution in [3.05, 3.63) is 65.5 Å². The van der Waals surface area contributed by atoms with Crippen molar-refractivity contribution in [2.75, 3.05) is 0 Å². The maximum Gasteiger partial charge on any atom is 0.251 e. The van der Waals surface area contributed by atoms with Crippen LogP contribution in [-0.4, -0.2) is 26.6 Å². The molecule has 2 aromatic carbocycles. The van der Waals surface area contributed by atoms with Gasteiger partial charge in [-0.25, -0.2) is 4.98 Å². The topological polar surface area (TPSA) is 78.0 Å². The Labute approximate surface area is 153 Å². The maximum absolute atomic E-state index is 12.6. The molecule has 0 radical (unpaired) electrons. The van der Waals surface area contributed by atoms with E-state index in [2.05, 4.69) is 15.3 Å². The molecule has 0 aliphatic rings. The Balaban J connectivity index is 1.69. The van der Waals surface area contributed by atoms with Gasteiger partial charge in [0.15, 0.2) is 0 Å². The van der Waals surface area contributed by atoms with Crippen LogP contribution in [0.3, 0.4) is 0 Å². The number of rotatable bonds is 6. The SMILES string of the molecule is CC(NC(=O)c1cccc(CCC(C)(C)O)c1)c1nc2ccccc2[nH]1. The van der Waals surface area contributed by atoms with Crippen LogP contribution >= 0.6 is 0 Å². The van der Waals surface area contributed by atoms with Crippen LogP contribution in [0.2, 0.25) is 0 Å². The van der Waals surface area contributed by atoms with Gasteiger partial charge in [-0.1, -0.05) is 24.3 Å². The van der Waals surface area contributed by atoms with Gasteiger partial charge in [-0.05, 0) is 63.4 Å². The van der Waals surface area contributed by atoms with Crippen LogP contribution in [0.5, 0.6) is 0 Å². The number of amides is 1. The first-order chi connectivity index (χ1) is 12.3. The normalized spacial score (nSPS) is 12.9. The number of hydrogen-bond acceptors (Lipinski definition) is 3. The van der Waals surface area contributed by atoms with Crippen LogP contribution in [0.15, 0.2) is 48.5 Å². The van der Waals surface area contributed by atoms with Crippen LogP contribution in [0, 0.1) is 0 Å². The molecule has 0 aliphatic heterocycles. The number of para-hydroxylation sites is 2. The fourth-order valence-electron chi connectivity index (χ4n) is 2.84. The number of nitrogens with one attached hydrogen (secondary N) is 2. The van der Waals surface area contributed by atoms with Gasteiger partial charge in [-0.3, -0.25) is 4.79 Å². The fraction of sp³-hybridized carbons (Fsp3) is 0.333. The molecule has 1 aromatic heterocycles. The standard InChI is InChI=1S/C21H25N3O2/c1-14(19-23-17-9-4-5-10-18(17)24-19)22-20(25)16-8-6-7-15(13-16)11-12-21(2,3)26/h4-10,13-14,26H,11-12H2,1-3H3,(H,22,25)(H,23,24). The van der Waals surface area contributed by atoms with Gasteiger partial charge in [0.25, 0.3) is 5.91 Å². The van der Waals surface area contributed by atoms with E-state index in [-0.39, 0.29) is 11.9 Å². The number of carbonyl (C=O) groups is 1. The van der Waals surface area contributed by atoms with E-state index in [9.17, 15) is 9.90 Å². The van der Waals surface area contributed by atoms with Crippen molar-refractivity contribution in [3.63, 3.8) is 0 Å². The molecule has 0 fully saturated rings. The number of benzene rings is 2. The maximum atomic E-state index is 12.6. The number of aliphatic hydroxyl groups is 1. The first kappa shape index (κ1) is 18.1. The third-order valence-corrected chi connectivity index (χ3v) is 4.38. The summed E-state index contributed by atoms with van der Waals surface area (Å²) in [5, 5.41) is 12.9. The molecule has 0 spiro atoms. The van der Waals surface area contributed by atoms with Crippen molar-refractivity contribution >= 4 is 16.9 Å². The molecule has 1 amide bonds. The molecule has 1 unspecified atom stereocenters. The van der Waals surface area contributed by atoms with E-state index in [1.807, 2.05) is 49.4 Å².